The lowest BCUT2D eigenvalue weighted by molar-refractivity contribution is -0.140. The molecular weight excluding hydrogens is 398 g/mol. The molecule has 0 bridgehead atoms. The molecule has 1 N–H and O–H groups in total. The van der Waals surface area contributed by atoms with E-state index in [1.54, 1.807) is 27.4 Å². The second-order valence-corrected chi connectivity index (χ2v) is 7.10. The van der Waals surface area contributed by atoms with Gasteiger partial charge in [-0.3, -0.25) is 4.57 Å². The van der Waals surface area contributed by atoms with Crippen molar-refractivity contribution in [3.8, 4) is 11.5 Å². The first-order valence-electron chi connectivity index (χ1n) is 9.91. The van der Waals surface area contributed by atoms with E-state index in [-0.39, 0.29) is 6.61 Å². The molecule has 8 heteroatoms. The van der Waals surface area contributed by atoms with E-state index in [2.05, 4.69) is 5.32 Å². The third-order valence-corrected chi connectivity index (χ3v) is 5.31. The molecule has 1 aliphatic heterocycles. The van der Waals surface area contributed by atoms with Gasteiger partial charge in [-0.2, -0.15) is 0 Å². The SMILES string of the molecule is COCCOC(=O)C1=C(C)Nc2nc3ccccc3n2[C@H]1c1ccc(OC)cc1OC. The van der Waals surface area contributed by atoms with E-state index < -0.39 is 12.0 Å². The van der Waals surface area contributed by atoms with Gasteiger partial charge in [0.05, 0.1) is 43.5 Å². The monoisotopic (exact) mass is 423 g/mol. The second-order valence-electron chi connectivity index (χ2n) is 7.10. The number of esters is 1. The highest BCUT2D eigenvalue weighted by molar-refractivity contribution is 5.94. The van der Waals surface area contributed by atoms with Gasteiger partial charge in [0.15, 0.2) is 0 Å². The number of benzene rings is 2. The first kappa shape index (κ1) is 20.7. The zero-order valence-corrected chi connectivity index (χ0v) is 18.0. The predicted octanol–water partition coefficient (Wildman–Crippen LogP) is 3.53. The molecule has 8 nitrogen and oxygen atoms in total. The summed E-state index contributed by atoms with van der Waals surface area (Å²) < 4.78 is 23.6. The number of allylic oxidation sites excluding steroid dienone is 1. The van der Waals surface area contributed by atoms with E-state index in [4.69, 9.17) is 23.9 Å². The van der Waals surface area contributed by atoms with Gasteiger partial charge in [-0.25, -0.2) is 9.78 Å². The molecule has 31 heavy (non-hydrogen) atoms. The van der Waals surface area contributed by atoms with Crippen molar-refractivity contribution in [2.24, 2.45) is 0 Å². The highest BCUT2D eigenvalue weighted by atomic mass is 16.6. The van der Waals surface area contributed by atoms with Crippen LogP contribution in [0.5, 0.6) is 11.5 Å². The van der Waals surface area contributed by atoms with E-state index in [1.165, 1.54) is 0 Å². The Morgan fingerprint density at radius 3 is 2.65 bits per heavy atom. The van der Waals surface area contributed by atoms with Crippen LogP contribution in [0.15, 0.2) is 53.7 Å². The molecule has 0 aliphatic carbocycles. The van der Waals surface area contributed by atoms with Gasteiger partial charge in [0, 0.05) is 24.4 Å². The zero-order chi connectivity index (χ0) is 22.0. The lowest BCUT2D eigenvalue weighted by Gasteiger charge is -2.31. The maximum absolute atomic E-state index is 13.2. The van der Waals surface area contributed by atoms with E-state index in [1.807, 2.05) is 47.9 Å². The Kier molecular flexibility index (Phi) is 5.81. The van der Waals surface area contributed by atoms with Crippen LogP contribution in [-0.4, -0.2) is 50.1 Å². The Morgan fingerprint density at radius 2 is 1.90 bits per heavy atom. The molecule has 0 spiro atoms. The molecule has 0 radical (unpaired) electrons. The molecule has 2 heterocycles. The van der Waals surface area contributed by atoms with Crippen LogP contribution < -0.4 is 14.8 Å². The van der Waals surface area contributed by atoms with Gasteiger partial charge < -0.3 is 24.3 Å². The summed E-state index contributed by atoms with van der Waals surface area (Å²) >= 11 is 0. The fraction of sp³-hybridized carbons (Fsp3) is 0.304. The van der Waals surface area contributed by atoms with Gasteiger partial charge in [0.2, 0.25) is 5.95 Å². The summed E-state index contributed by atoms with van der Waals surface area (Å²) in [6.45, 7) is 2.33. The molecular formula is C23H25N3O5. The first-order valence-corrected chi connectivity index (χ1v) is 9.91. The number of para-hydroxylation sites is 2. The third kappa shape index (κ3) is 3.70. The predicted molar refractivity (Wildman–Crippen MR) is 117 cm³/mol. The number of hydrogen-bond donors (Lipinski definition) is 1. The lowest BCUT2D eigenvalue weighted by Crippen LogP contribution is -2.29. The van der Waals surface area contributed by atoms with Crippen molar-refractivity contribution in [1.29, 1.82) is 0 Å². The number of ether oxygens (including phenoxy) is 4. The number of methoxy groups -OCH3 is 3. The number of hydrogen-bond acceptors (Lipinski definition) is 7. The van der Waals surface area contributed by atoms with Crippen molar-refractivity contribution in [3.05, 3.63) is 59.3 Å². The number of anilines is 1. The summed E-state index contributed by atoms with van der Waals surface area (Å²) in [7, 11) is 4.76. The van der Waals surface area contributed by atoms with E-state index in [0.29, 0.717) is 35.3 Å². The molecule has 0 amide bonds. The zero-order valence-electron chi connectivity index (χ0n) is 18.0. The highest BCUT2D eigenvalue weighted by Crippen LogP contribution is 2.43. The minimum Gasteiger partial charge on any atom is -0.497 e. The number of fused-ring (bicyclic) bond motifs is 3. The molecule has 0 saturated heterocycles. The van der Waals surface area contributed by atoms with Gasteiger partial charge in [-0.05, 0) is 31.2 Å². The molecule has 0 saturated carbocycles. The van der Waals surface area contributed by atoms with Gasteiger partial charge in [-0.15, -0.1) is 0 Å². The van der Waals surface area contributed by atoms with Crippen molar-refractivity contribution >= 4 is 23.0 Å². The van der Waals surface area contributed by atoms with Crippen molar-refractivity contribution in [2.75, 3.05) is 39.9 Å². The molecule has 0 unspecified atom stereocenters. The molecule has 1 atom stereocenters. The van der Waals surface area contributed by atoms with Crippen molar-refractivity contribution in [2.45, 2.75) is 13.0 Å². The Bertz CT molecular complexity index is 1150. The number of carbonyl (C=O) groups is 1. The number of rotatable bonds is 7. The number of carbonyl (C=O) groups excluding carboxylic acids is 1. The van der Waals surface area contributed by atoms with Crippen molar-refractivity contribution < 1.29 is 23.7 Å². The van der Waals surface area contributed by atoms with Crippen molar-refractivity contribution in [3.63, 3.8) is 0 Å². The standard InChI is InChI=1S/C23H25N3O5/c1-14-20(22(27)31-12-11-28-2)21(16-10-9-15(29-3)13-19(16)30-4)26-18-8-6-5-7-17(18)25-23(26)24-14/h5-10,13,21H,11-12H2,1-4H3,(H,24,25)/t21-/m0/s1. The number of imidazole rings is 1. The minimum atomic E-state index is -0.500. The third-order valence-electron chi connectivity index (χ3n) is 5.31. The van der Waals surface area contributed by atoms with E-state index in [9.17, 15) is 4.79 Å². The molecule has 3 aromatic rings. The van der Waals surface area contributed by atoms with E-state index in [0.717, 1.165) is 16.6 Å². The summed E-state index contributed by atoms with van der Waals surface area (Å²) in [4.78, 5) is 17.9. The first-order chi connectivity index (χ1) is 15.1. The smallest absolute Gasteiger partial charge is 0.338 e. The Hall–Kier alpha value is -3.52. The van der Waals surface area contributed by atoms with Gasteiger partial charge in [0.25, 0.3) is 0 Å². The fourth-order valence-electron chi connectivity index (χ4n) is 3.86. The van der Waals surface area contributed by atoms with Crippen LogP contribution >= 0.6 is 0 Å². The molecule has 1 aliphatic rings. The van der Waals surface area contributed by atoms with Crippen LogP contribution in [0.25, 0.3) is 11.0 Å². The molecule has 1 aromatic heterocycles. The van der Waals surface area contributed by atoms with Crippen LogP contribution in [0, 0.1) is 0 Å². The molecule has 2 aromatic carbocycles. The van der Waals surface area contributed by atoms with Crippen LogP contribution in [-0.2, 0) is 14.3 Å². The quantitative estimate of drug-likeness (QED) is 0.460. The highest BCUT2D eigenvalue weighted by Gasteiger charge is 2.36. The van der Waals surface area contributed by atoms with Crippen LogP contribution in [0.3, 0.4) is 0 Å². The maximum atomic E-state index is 13.2. The summed E-state index contributed by atoms with van der Waals surface area (Å²) in [6.07, 6.45) is 0. The minimum absolute atomic E-state index is 0.163. The molecule has 4 rings (SSSR count). The van der Waals surface area contributed by atoms with Crippen LogP contribution in [0.1, 0.15) is 18.5 Å². The van der Waals surface area contributed by atoms with Crippen LogP contribution in [0.4, 0.5) is 5.95 Å². The topological polar surface area (TPSA) is 83.8 Å². The average molecular weight is 423 g/mol. The fourth-order valence-corrected chi connectivity index (χ4v) is 3.86. The molecule has 162 valence electrons. The summed E-state index contributed by atoms with van der Waals surface area (Å²) in [5, 5.41) is 3.26. The second kappa shape index (κ2) is 8.69. The summed E-state index contributed by atoms with van der Waals surface area (Å²) in [6, 6.07) is 12.9. The number of nitrogens with one attached hydrogen (secondary N) is 1. The van der Waals surface area contributed by atoms with Crippen molar-refractivity contribution in [1.82, 2.24) is 9.55 Å². The Labute approximate surface area is 180 Å². The number of nitrogens with zero attached hydrogens (tertiary/aromatic N) is 2. The maximum Gasteiger partial charge on any atom is 0.338 e. The normalized spacial score (nSPS) is 15.4. The summed E-state index contributed by atoms with van der Waals surface area (Å²) in [5.41, 5.74) is 3.67. The van der Waals surface area contributed by atoms with Gasteiger partial charge >= 0.3 is 5.97 Å². The largest absolute Gasteiger partial charge is 0.497 e. The van der Waals surface area contributed by atoms with E-state index >= 15 is 0 Å². The average Bonchev–Trinajstić information content (AvgIpc) is 3.15. The molecule has 0 fully saturated rings. The van der Waals surface area contributed by atoms with Gasteiger partial charge in [0.1, 0.15) is 18.1 Å². The Balaban J connectivity index is 1.92. The number of aromatic nitrogens is 2. The van der Waals surface area contributed by atoms with Gasteiger partial charge in [-0.1, -0.05) is 12.1 Å². The van der Waals surface area contributed by atoms with Crippen LogP contribution in [0.2, 0.25) is 0 Å². The Morgan fingerprint density at radius 1 is 1.10 bits per heavy atom. The lowest BCUT2D eigenvalue weighted by atomic mass is 9.94. The summed E-state index contributed by atoms with van der Waals surface area (Å²) in [5.74, 6) is 1.49.